The molecule has 0 bridgehead atoms. The van der Waals surface area contributed by atoms with Gasteiger partial charge in [-0.1, -0.05) is 41.4 Å². The number of anilines is 1. The average Bonchev–Trinajstić information content (AvgIpc) is 2.24. The first-order valence-corrected chi connectivity index (χ1v) is 5.44. The Kier molecular flexibility index (Phi) is 5.09. The summed E-state index contributed by atoms with van der Waals surface area (Å²) in [6, 6.07) is 4.93. The van der Waals surface area contributed by atoms with Crippen LogP contribution in [-0.2, 0) is 4.79 Å². The van der Waals surface area contributed by atoms with Crippen LogP contribution in [0.1, 0.15) is 6.92 Å². The second kappa shape index (κ2) is 6.36. The molecule has 1 N–H and O–H groups in total. The second-order valence-electron chi connectivity index (χ2n) is 3.00. The maximum absolute atomic E-state index is 11.4. The SMILES string of the molecule is CC=CC=CC(=O)Nc1ccc(Cl)c(Cl)c1. The Morgan fingerprint density at radius 3 is 2.62 bits per heavy atom. The lowest BCUT2D eigenvalue weighted by Gasteiger charge is -2.03. The zero-order valence-corrected chi connectivity index (χ0v) is 10.2. The van der Waals surface area contributed by atoms with Gasteiger partial charge in [0.25, 0.3) is 0 Å². The van der Waals surface area contributed by atoms with Crippen LogP contribution >= 0.6 is 23.2 Å². The molecule has 0 fully saturated rings. The molecule has 84 valence electrons. The van der Waals surface area contributed by atoms with Crippen molar-refractivity contribution >= 4 is 34.8 Å². The molecule has 0 aliphatic heterocycles. The van der Waals surface area contributed by atoms with Gasteiger partial charge in [-0.3, -0.25) is 4.79 Å². The number of rotatable bonds is 3. The first-order valence-electron chi connectivity index (χ1n) is 4.69. The molecule has 16 heavy (non-hydrogen) atoms. The highest BCUT2D eigenvalue weighted by molar-refractivity contribution is 6.42. The summed E-state index contributed by atoms with van der Waals surface area (Å²) >= 11 is 11.6. The van der Waals surface area contributed by atoms with E-state index in [4.69, 9.17) is 23.2 Å². The zero-order chi connectivity index (χ0) is 12.0. The van der Waals surface area contributed by atoms with Crippen LogP contribution in [0, 0.1) is 0 Å². The van der Waals surface area contributed by atoms with Crippen molar-refractivity contribution in [2.75, 3.05) is 5.32 Å². The zero-order valence-electron chi connectivity index (χ0n) is 8.71. The van der Waals surface area contributed by atoms with E-state index in [0.717, 1.165) is 0 Å². The van der Waals surface area contributed by atoms with E-state index in [1.807, 2.05) is 13.0 Å². The Labute approximate surface area is 105 Å². The molecule has 1 aromatic rings. The van der Waals surface area contributed by atoms with Crippen LogP contribution in [0.5, 0.6) is 0 Å². The van der Waals surface area contributed by atoms with Crippen LogP contribution in [0.3, 0.4) is 0 Å². The van der Waals surface area contributed by atoms with Gasteiger partial charge in [-0.25, -0.2) is 0 Å². The minimum Gasteiger partial charge on any atom is -0.322 e. The highest BCUT2D eigenvalue weighted by Gasteiger charge is 2.01. The van der Waals surface area contributed by atoms with Gasteiger partial charge in [-0.2, -0.15) is 0 Å². The first kappa shape index (κ1) is 12.8. The van der Waals surface area contributed by atoms with Crippen LogP contribution in [-0.4, -0.2) is 5.91 Å². The largest absolute Gasteiger partial charge is 0.322 e. The van der Waals surface area contributed by atoms with Gasteiger partial charge in [0.05, 0.1) is 10.0 Å². The minimum absolute atomic E-state index is 0.212. The molecular formula is C12H11Cl2NO. The molecule has 2 nitrogen and oxygen atoms in total. The third-order valence-electron chi connectivity index (χ3n) is 1.74. The van der Waals surface area contributed by atoms with Crippen molar-refractivity contribution in [3.05, 3.63) is 52.5 Å². The highest BCUT2D eigenvalue weighted by Crippen LogP contribution is 2.24. The van der Waals surface area contributed by atoms with E-state index in [0.29, 0.717) is 15.7 Å². The van der Waals surface area contributed by atoms with E-state index in [1.165, 1.54) is 6.08 Å². The Balaban J connectivity index is 2.66. The molecule has 0 heterocycles. The van der Waals surface area contributed by atoms with Crippen LogP contribution in [0.2, 0.25) is 10.0 Å². The molecule has 1 aromatic carbocycles. The van der Waals surface area contributed by atoms with Crippen molar-refractivity contribution < 1.29 is 4.79 Å². The summed E-state index contributed by atoms with van der Waals surface area (Å²) in [6.45, 7) is 1.88. The topological polar surface area (TPSA) is 29.1 Å². The van der Waals surface area contributed by atoms with Crippen molar-refractivity contribution in [3.63, 3.8) is 0 Å². The normalized spacial score (nSPS) is 11.2. The smallest absolute Gasteiger partial charge is 0.248 e. The minimum atomic E-state index is -0.212. The highest BCUT2D eigenvalue weighted by atomic mass is 35.5. The van der Waals surface area contributed by atoms with E-state index in [2.05, 4.69) is 5.32 Å². The number of allylic oxidation sites excluding steroid dienone is 3. The predicted molar refractivity (Wildman–Crippen MR) is 69.0 cm³/mol. The molecule has 4 heteroatoms. The fourth-order valence-electron chi connectivity index (χ4n) is 1.01. The lowest BCUT2D eigenvalue weighted by molar-refractivity contribution is -0.111. The summed E-state index contributed by atoms with van der Waals surface area (Å²) in [5, 5.41) is 3.54. The van der Waals surface area contributed by atoms with Gasteiger partial charge in [-0.05, 0) is 25.1 Å². The molecule has 0 aliphatic rings. The summed E-state index contributed by atoms with van der Waals surface area (Å²) < 4.78 is 0. The van der Waals surface area contributed by atoms with Crippen molar-refractivity contribution in [2.24, 2.45) is 0 Å². The number of amides is 1. The quantitative estimate of drug-likeness (QED) is 0.641. The standard InChI is InChI=1S/C12H11Cl2NO/c1-2-3-4-5-12(16)15-9-6-7-10(13)11(14)8-9/h2-8H,1H3,(H,15,16). The number of benzene rings is 1. The summed E-state index contributed by atoms with van der Waals surface area (Å²) in [6.07, 6.45) is 6.70. The summed E-state index contributed by atoms with van der Waals surface area (Å²) in [7, 11) is 0. The molecule has 0 atom stereocenters. The molecule has 1 rings (SSSR count). The van der Waals surface area contributed by atoms with Crippen LogP contribution < -0.4 is 5.32 Å². The molecule has 0 aliphatic carbocycles. The van der Waals surface area contributed by atoms with Gasteiger partial charge in [0.2, 0.25) is 5.91 Å². The van der Waals surface area contributed by atoms with Crippen LogP contribution in [0.25, 0.3) is 0 Å². The molecule has 0 saturated carbocycles. The fourth-order valence-corrected chi connectivity index (χ4v) is 1.31. The van der Waals surface area contributed by atoms with Gasteiger partial charge in [0.15, 0.2) is 0 Å². The van der Waals surface area contributed by atoms with Crippen LogP contribution in [0.4, 0.5) is 5.69 Å². The summed E-state index contributed by atoms with van der Waals surface area (Å²) in [4.78, 5) is 11.4. The Bertz CT molecular complexity index is 439. The van der Waals surface area contributed by atoms with E-state index in [-0.39, 0.29) is 5.91 Å². The Hall–Kier alpha value is -1.25. The molecule has 0 spiro atoms. The molecular weight excluding hydrogens is 245 g/mol. The molecule has 0 aromatic heterocycles. The fraction of sp³-hybridized carbons (Fsp3) is 0.0833. The maximum Gasteiger partial charge on any atom is 0.248 e. The van der Waals surface area contributed by atoms with E-state index >= 15 is 0 Å². The first-order chi connectivity index (χ1) is 7.63. The van der Waals surface area contributed by atoms with Gasteiger partial charge in [0.1, 0.15) is 0 Å². The number of hydrogen-bond donors (Lipinski definition) is 1. The van der Waals surface area contributed by atoms with Crippen molar-refractivity contribution in [2.45, 2.75) is 6.92 Å². The molecule has 0 saturated heterocycles. The number of carbonyl (C=O) groups excluding carboxylic acids is 1. The molecule has 0 unspecified atom stereocenters. The third kappa shape index (κ3) is 4.09. The summed E-state index contributed by atoms with van der Waals surface area (Å²) in [5.41, 5.74) is 0.615. The van der Waals surface area contributed by atoms with Gasteiger partial charge >= 0.3 is 0 Å². The number of nitrogens with one attached hydrogen (secondary N) is 1. The van der Waals surface area contributed by atoms with Gasteiger partial charge in [0, 0.05) is 11.8 Å². The van der Waals surface area contributed by atoms with Gasteiger partial charge in [-0.15, -0.1) is 0 Å². The van der Waals surface area contributed by atoms with Crippen molar-refractivity contribution in [1.82, 2.24) is 0 Å². The van der Waals surface area contributed by atoms with E-state index < -0.39 is 0 Å². The Morgan fingerprint density at radius 1 is 1.25 bits per heavy atom. The Morgan fingerprint density at radius 2 is 2.00 bits per heavy atom. The maximum atomic E-state index is 11.4. The lowest BCUT2D eigenvalue weighted by Crippen LogP contribution is -2.07. The van der Waals surface area contributed by atoms with E-state index in [1.54, 1.807) is 30.4 Å². The monoisotopic (exact) mass is 255 g/mol. The van der Waals surface area contributed by atoms with Gasteiger partial charge < -0.3 is 5.32 Å². The van der Waals surface area contributed by atoms with Crippen LogP contribution in [0.15, 0.2) is 42.5 Å². The number of halogens is 2. The second-order valence-corrected chi connectivity index (χ2v) is 3.82. The van der Waals surface area contributed by atoms with E-state index in [9.17, 15) is 4.79 Å². The average molecular weight is 256 g/mol. The number of hydrogen-bond acceptors (Lipinski definition) is 1. The van der Waals surface area contributed by atoms with Crippen molar-refractivity contribution in [3.8, 4) is 0 Å². The predicted octanol–water partition coefficient (Wildman–Crippen LogP) is 4.06. The lowest BCUT2D eigenvalue weighted by atomic mass is 10.3. The third-order valence-corrected chi connectivity index (χ3v) is 2.48. The van der Waals surface area contributed by atoms with Crippen molar-refractivity contribution in [1.29, 1.82) is 0 Å². The number of carbonyl (C=O) groups is 1. The molecule has 1 amide bonds. The summed E-state index contributed by atoms with van der Waals surface area (Å²) in [5.74, 6) is -0.212. The molecule has 0 radical (unpaired) electrons.